The van der Waals surface area contributed by atoms with Crippen LogP contribution in [0.25, 0.3) is 10.9 Å². The molecule has 7 heteroatoms. The predicted octanol–water partition coefficient (Wildman–Crippen LogP) is 3.18. The van der Waals surface area contributed by atoms with Gasteiger partial charge in [0.05, 0.1) is 5.52 Å². The number of aliphatic hydroxyl groups excluding tert-OH is 1. The summed E-state index contributed by atoms with van der Waals surface area (Å²) >= 11 is 5.83. The van der Waals surface area contributed by atoms with E-state index in [1.165, 1.54) is 12.3 Å². The highest BCUT2D eigenvalue weighted by atomic mass is 35.5. The third-order valence-corrected chi connectivity index (χ3v) is 4.49. The molecule has 3 aromatic rings. The van der Waals surface area contributed by atoms with Gasteiger partial charge in [0.25, 0.3) is 5.91 Å². The van der Waals surface area contributed by atoms with Crippen LogP contribution in [0.5, 0.6) is 0 Å². The van der Waals surface area contributed by atoms with Crippen molar-refractivity contribution in [3.05, 3.63) is 80.3 Å². The fourth-order valence-electron chi connectivity index (χ4n) is 2.82. The van der Waals surface area contributed by atoms with E-state index in [1.54, 1.807) is 30.3 Å². The Morgan fingerprint density at radius 1 is 1.19 bits per heavy atom. The molecule has 140 valence electrons. The van der Waals surface area contributed by atoms with Crippen LogP contribution in [0.4, 0.5) is 4.39 Å². The van der Waals surface area contributed by atoms with Gasteiger partial charge in [-0.15, -0.1) is 0 Å². The summed E-state index contributed by atoms with van der Waals surface area (Å²) in [5, 5.41) is 12.3. The second kappa shape index (κ2) is 8.33. The van der Waals surface area contributed by atoms with Crippen LogP contribution in [-0.4, -0.2) is 22.6 Å². The Bertz CT molecular complexity index is 1030. The van der Waals surface area contributed by atoms with E-state index in [1.807, 2.05) is 0 Å². The lowest BCUT2D eigenvalue weighted by Crippen LogP contribution is -2.28. The van der Waals surface area contributed by atoms with Gasteiger partial charge in [0.1, 0.15) is 11.4 Å². The Kier molecular flexibility index (Phi) is 5.88. The van der Waals surface area contributed by atoms with E-state index in [2.05, 4.69) is 10.3 Å². The molecule has 0 aliphatic rings. The zero-order valence-electron chi connectivity index (χ0n) is 14.4. The van der Waals surface area contributed by atoms with Gasteiger partial charge in [0.15, 0.2) is 0 Å². The molecule has 0 fully saturated rings. The molecule has 2 aromatic carbocycles. The zero-order chi connectivity index (χ0) is 19.4. The summed E-state index contributed by atoms with van der Waals surface area (Å²) in [6.45, 7) is 0.210. The molecule has 0 spiro atoms. The molecule has 3 rings (SSSR count). The lowest BCUT2D eigenvalue weighted by Gasteiger charge is -2.08. The van der Waals surface area contributed by atoms with Crippen molar-refractivity contribution in [3.8, 4) is 0 Å². The number of aromatic amines is 1. The summed E-state index contributed by atoms with van der Waals surface area (Å²) in [5.74, 6) is -1.11. The minimum atomic E-state index is -0.564. The Balaban J connectivity index is 1.87. The number of rotatable bonds is 6. The van der Waals surface area contributed by atoms with E-state index in [0.717, 1.165) is 5.56 Å². The van der Waals surface area contributed by atoms with Crippen LogP contribution in [0.1, 0.15) is 27.9 Å². The average Bonchev–Trinajstić information content (AvgIpc) is 2.66. The van der Waals surface area contributed by atoms with Gasteiger partial charge in [-0.2, -0.15) is 0 Å². The van der Waals surface area contributed by atoms with Gasteiger partial charge in [-0.3, -0.25) is 9.59 Å². The fraction of sp³-hybridized carbons (Fsp3) is 0.200. The summed E-state index contributed by atoms with van der Waals surface area (Å²) in [6, 6.07) is 9.86. The molecule has 1 amide bonds. The standard InChI is InChI=1S/C20H18ClFN2O3/c21-14-5-3-12(4-6-14)10-24-20(27)16-11-23-18-15(19(16)26)8-13(2-1-7-25)9-17(18)22/h3-6,8-9,11,25H,1-2,7,10H2,(H,23,26)(H,24,27). The summed E-state index contributed by atoms with van der Waals surface area (Å²) in [4.78, 5) is 27.8. The number of hydrogen-bond acceptors (Lipinski definition) is 3. The van der Waals surface area contributed by atoms with E-state index in [9.17, 15) is 14.0 Å². The Morgan fingerprint density at radius 2 is 1.93 bits per heavy atom. The number of aliphatic hydroxyl groups is 1. The third-order valence-electron chi connectivity index (χ3n) is 4.23. The molecule has 0 saturated carbocycles. The highest BCUT2D eigenvalue weighted by Gasteiger charge is 2.15. The summed E-state index contributed by atoms with van der Waals surface area (Å²) in [7, 11) is 0. The van der Waals surface area contributed by atoms with E-state index < -0.39 is 17.2 Å². The van der Waals surface area contributed by atoms with Crippen molar-refractivity contribution >= 4 is 28.4 Å². The van der Waals surface area contributed by atoms with Gasteiger partial charge >= 0.3 is 0 Å². The Hall–Kier alpha value is -2.70. The number of H-pyrrole nitrogens is 1. The molecule has 0 aliphatic heterocycles. The third kappa shape index (κ3) is 4.35. The lowest BCUT2D eigenvalue weighted by atomic mass is 10.0. The van der Waals surface area contributed by atoms with Crippen LogP contribution in [0.2, 0.25) is 5.02 Å². The number of carbonyl (C=O) groups excluding carboxylic acids is 1. The second-order valence-corrected chi connectivity index (χ2v) is 6.60. The van der Waals surface area contributed by atoms with Crippen molar-refractivity contribution in [2.75, 3.05) is 6.61 Å². The molecule has 0 atom stereocenters. The number of aromatic nitrogens is 1. The van der Waals surface area contributed by atoms with Gasteiger partial charge in [-0.05, 0) is 48.2 Å². The lowest BCUT2D eigenvalue weighted by molar-refractivity contribution is 0.0949. The van der Waals surface area contributed by atoms with Crippen LogP contribution >= 0.6 is 11.6 Å². The number of pyridine rings is 1. The molecular weight excluding hydrogens is 371 g/mol. The largest absolute Gasteiger partial charge is 0.396 e. The number of carbonyl (C=O) groups is 1. The first kappa shape index (κ1) is 19.1. The molecule has 1 aromatic heterocycles. The second-order valence-electron chi connectivity index (χ2n) is 6.17. The van der Waals surface area contributed by atoms with Crippen molar-refractivity contribution < 1.29 is 14.3 Å². The maximum atomic E-state index is 14.2. The van der Waals surface area contributed by atoms with E-state index in [-0.39, 0.29) is 29.6 Å². The topological polar surface area (TPSA) is 82.2 Å². The molecule has 0 unspecified atom stereocenters. The number of benzene rings is 2. The van der Waals surface area contributed by atoms with Crippen LogP contribution in [0.3, 0.4) is 0 Å². The summed E-state index contributed by atoms with van der Waals surface area (Å²) in [6.07, 6.45) is 2.12. The molecule has 0 saturated heterocycles. The molecule has 0 radical (unpaired) electrons. The van der Waals surface area contributed by atoms with Crippen LogP contribution in [-0.2, 0) is 13.0 Å². The van der Waals surface area contributed by atoms with E-state index in [0.29, 0.717) is 23.4 Å². The Morgan fingerprint density at radius 3 is 2.63 bits per heavy atom. The molecule has 1 heterocycles. The highest BCUT2D eigenvalue weighted by Crippen LogP contribution is 2.17. The van der Waals surface area contributed by atoms with E-state index in [4.69, 9.17) is 16.7 Å². The predicted molar refractivity (Wildman–Crippen MR) is 103 cm³/mol. The van der Waals surface area contributed by atoms with Crippen LogP contribution in [0.15, 0.2) is 47.4 Å². The maximum Gasteiger partial charge on any atom is 0.257 e. The van der Waals surface area contributed by atoms with Gasteiger partial charge in [0, 0.05) is 29.8 Å². The maximum absolute atomic E-state index is 14.2. The number of nitrogens with one attached hydrogen (secondary N) is 2. The van der Waals surface area contributed by atoms with Crippen LogP contribution < -0.4 is 10.7 Å². The average molecular weight is 389 g/mol. The van der Waals surface area contributed by atoms with Crippen LogP contribution in [0, 0.1) is 5.82 Å². The van der Waals surface area contributed by atoms with E-state index >= 15 is 0 Å². The minimum Gasteiger partial charge on any atom is -0.396 e. The Labute approximate surface area is 159 Å². The number of fused-ring (bicyclic) bond motifs is 1. The monoisotopic (exact) mass is 388 g/mol. The van der Waals surface area contributed by atoms with Crippen molar-refractivity contribution in [1.82, 2.24) is 10.3 Å². The van der Waals surface area contributed by atoms with Crippen molar-refractivity contribution in [1.29, 1.82) is 0 Å². The summed E-state index contributed by atoms with van der Waals surface area (Å²) in [5.41, 5.74) is 0.861. The molecular formula is C20H18ClFN2O3. The first-order valence-corrected chi connectivity index (χ1v) is 8.84. The molecule has 0 aliphatic carbocycles. The highest BCUT2D eigenvalue weighted by molar-refractivity contribution is 6.30. The van der Waals surface area contributed by atoms with Crippen molar-refractivity contribution in [2.45, 2.75) is 19.4 Å². The van der Waals surface area contributed by atoms with Gasteiger partial charge < -0.3 is 15.4 Å². The smallest absolute Gasteiger partial charge is 0.257 e. The fourth-order valence-corrected chi connectivity index (χ4v) is 2.95. The van der Waals surface area contributed by atoms with Crippen molar-refractivity contribution in [3.63, 3.8) is 0 Å². The molecule has 27 heavy (non-hydrogen) atoms. The number of aryl methyl sites for hydroxylation is 1. The quantitative estimate of drug-likeness (QED) is 0.606. The number of hydrogen-bond donors (Lipinski definition) is 3. The molecule has 3 N–H and O–H groups in total. The number of amides is 1. The van der Waals surface area contributed by atoms with Gasteiger partial charge in [-0.1, -0.05) is 23.7 Å². The summed E-state index contributed by atoms with van der Waals surface area (Å²) < 4.78 is 14.2. The number of halogens is 2. The van der Waals surface area contributed by atoms with Crippen molar-refractivity contribution in [2.24, 2.45) is 0 Å². The first-order valence-electron chi connectivity index (χ1n) is 8.47. The van der Waals surface area contributed by atoms with Gasteiger partial charge in [-0.25, -0.2) is 4.39 Å². The molecule has 0 bridgehead atoms. The first-order chi connectivity index (χ1) is 13.0. The normalized spacial score (nSPS) is 10.9. The minimum absolute atomic E-state index is 0.0246. The zero-order valence-corrected chi connectivity index (χ0v) is 15.1. The molecule has 5 nitrogen and oxygen atoms in total. The SMILES string of the molecule is O=C(NCc1ccc(Cl)cc1)c1c[nH]c2c(F)cc(CCCO)cc2c1=O. The van der Waals surface area contributed by atoms with Gasteiger partial charge in [0.2, 0.25) is 5.43 Å².